The second-order valence-corrected chi connectivity index (χ2v) is 6.46. The molecule has 0 bridgehead atoms. The molecule has 3 aromatic rings. The first-order valence-electron chi connectivity index (χ1n) is 8.47. The lowest BCUT2D eigenvalue weighted by Crippen LogP contribution is -1.92. The minimum Gasteiger partial charge on any atom is -0.394 e. The molecule has 0 unspecified atom stereocenters. The van der Waals surface area contributed by atoms with Gasteiger partial charge in [-0.15, -0.1) is 0 Å². The zero-order valence-corrected chi connectivity index (χ0v) is 18.7. The molecule has 0 spiro atoms. The van der Waals surface area contributed by atoms with Crippen LogP contribution in [0, 0.1) is 72.0 Å². The van der Waals surface area contributed by atoms with Crippen molar-refractivity contribution in [3.05, 3.63) is 73.4 Å². The molecule has 14 heteroatoms. The molecular formula is C20H10BrN13. The third-order valence-corrected chi connectivity index (χ3v) is 4.35. The van der Waals surface area contributed by atoms with E-state index in [-0.39, 0.29) is 17.1 Å². The molecule has 6 N–H and O–H groups in total. The van der Waals surface area contributed by atoms with Crippen LogP contribution in [-0.4, -0.2) is 19.9 Å². The fraction of sp³-hybridized carbons (Fsp3) is 0.0500. The van der Waals surface area contributed by atoms with Crippen LogP contribution in [0.3, 0.4) is 0 Å². The first-order valence-corrected chi connectivity index (χ1v) is 9.26. The van der Waals surface area contributed by atoms with Crippen molar-refractivity contribution in [2.24, 2.45) is 0 Å². The zero-order valence-electron chi connectivity index (χ0n) is 17.1. The van der Waals surface area contributed by atoms with Gasteiger partial charge >= 0.3 is 5.82 Å². The summed E-state index contributed by atoms with van der Waals surface area (Å²) in [4.78, 5) is 21.9. The number of anilines is 2. The van der Waals surface area contributed by atoms with Crippen molar-refractivity contribution in [3.8, 4) is 24.3 Å². The lowest BCUT2D eigenvalue weighted by molar-refractivity contribution is 1.19. The van der Waals surface area contributed by atoms with Crippen LogP contribution in [-0.2, 0) is 0 Å². The third-order valence-electron chi connectivity index (χ3n) is 3.76. The number of aryl methyl sites for hydroxylation is 1. The van der Waals surface area contributed by atoms with Crippen LogP contribution in [0.25, 0.3) is 25.6 Å². The molecule has 0 aromatic carbocycles. The van der Waals surface area contributed by atoms with Gasteiger partial charge < -0.3 is 21.4 Å². The van der Waals surface area contributed by atoms with Gasteiger partial charge in [0.15, 0.2) is 0 Å². The van der Waals surface area contributed by atoms with Gasteiger partial charge in [0.05, 0.1) is 33.8 Å². The molecule has 13 nitrogen and oxygen atoms in total. The van der Waals surface area contributed by atoms with Crippen LogP contribution >= 0.6 is 15.9 Å². The molecule has 0 aliphatic heterocycles. The monoisotopic (exact) mass is 511 g/mol. The Morgan fingerprint density at radius 1 is 1.00 bits per heavy atom. The highest BCUT2D eigenvalue weighted by molar-refractivity contribution is 9.10. The van der Waals surface area contributed by atoms with E-state index in [0.29, 0.717) is 27.0 Å². The number of nitrogen functional groups attached to an aromatic ring is 2. The number of hydrogen-bond acceptors (Lipinski definition) is 8. The minimum absolute atomic E-state index is 0.180. The number of halogens is 1. The van der Waals surface area contributed by atoms with E-state index in [9.17, 15) is 0 Å². The number of nitrogens with one attached hydrogen (secondary N) is 2. The normalized spacial score (nSPS) is 8.32. The number of nitrogens with two attached hydrogens (primary N) is 2. The summed E-state index contributed by atoms with van der Waals surface area (Å²) >= 11 is 3.07. The van der Waals surface area contributed by atoms with Crippen LogP contribution in [0.15, 0.2) is 22.3 Å². The summed E-state index contributed by atoms with van der Waals surface area (Å²) in [7, 11) is 0. The Morgan fingerprint density at radius 2 is 1.59 bits per heavy atom. The second kappa shape index (κ2) is 12.1. The molecule has 34 heavy (non-hydrogen) atoms. The van der Waals surface area contributed by atoms with Crippen molar-refractivity contribution in [1.82, 2.24) is 19.9 Å². The van der Waals surface area contributed by atoms with Gasteiger partial charge in [0.1, 0.15) is 55.0 Å². The molecule has 0 saturated heterocycles. The van der Waals surface area contributed by atoms with Crippen molar-refractivity contribution < 1.29 is 0 Å². The van der Waals surface area contributed by atoms with E-state index in [0.717, 1.165) is 5.69 Å². The van der Waals surface area contributed by atoms with E-state index in [1.807, 2.05) is 6.07 Å². The lowest BCUT2D eigenvalue weighted by atomic mass is 10.2. The van der Waals surface area contributed by atoms with E-state index < -0.39 is 11.4 Å². The van der Waals surface area contributed by atoms with Crippen LogP contribution < -0.4 is 11.5 Å². The molecule has 3 rings (SSSR count). The summed E-state index contributed by atoms with van der Waals surface area (Å²) in [6.45, 7) is 21.2. The maximum Gasteiger partial charge on any atom is 0.548 e. The number of aromatic nitrogens is 4. The fourth-order valence-corrected chi connectivity index (χ4v) is 2.76. The largest absolute Gasteiger partial charge is 0.548 e. The van der Waals surface area contributed by atoms with Gasteiger partial charge in [0, 0.05) is 5.69 Å². The van der Waals surface area contributed by atoms with E-state index in [1.54, 1.807) is 6.92 Å². The molecule has 0 atom stereocenters. The van der Waals surface area contributed by atoms with Crippen LogP contribution in [0.5, 0.6) is 0 Å². The summed E-state index contributed by atoms with van der Waals surface area (Å²) in [5.41, 5.74) is 12.9. The Hall–Kier alpha value is -5.85. The number of aromatic amines is 2. The predicted molar refractivity (Wildman–Crippen MR) is 123 cm³/mol. The van der Waals surface area contributed by atoms with Crippen molar-refractivity contribution in [2.75, 3.05) is 11.5 Å². The van der Waals surface area contributed by atoms with E-state index in [2.05, 4.69) is 56.5 Å². The van der Waals surface area contributed by atoms with Gasteiger partial charge in [0.25, 0.3) is 0 Å². The number of fused-ring (bicyclic) bond motifs is 1. The van der Waals surface area contributed by atoms with Gasteiger partial charge in [-0.05, 0) is 22.9 Å². The predicted octanol–water partition coefficient (Wildman–Crippen LogP) is 3.59. The maximum atomic E-state index is 8.85. The fourth-order valence-electron chi connectivity index (χ4n) is 2.27. The van der Waals surface area contributed by atoms with Gasteiger partial charge in [-0.1, -0.05) is 0 Å². The molecule has 3 heterocycles. The van der Waals surface area contributed by atoms with Crippen molar-refractivity contribution >= 4 is 44.3 Å². The van der Waals surface area contributed by atoms with Gasteiger partial charge in [-0.25, -0.2) is 14.8 Å². The molecule has 0 fully saturated rings. The number of rotatable bonds is 0. The smallest absolute Gasteiger partial charge is 0.394 e. The summed E-state index contributed by atoms with van der Waals surface area (Å²) in [5, 5.41) is 34.3. The highest BCUT2D eigenvalue weighted by Gasteiger charge is 2.13. The number of H-pyrrole nitrogens is 2. The first-order chi connectivity index (χ1) is 16.2. The van der Waals surface area contributed by atoms with Crippen LogP contribution in [0.1, 0.15) is 16.8 Å². The number of nitriles is 4. The lowest BCUT2D eigenvalue weighted by Gasteiger charge is -1.92. The summed E-state index contributed by atoms with van der Waals surface area (Å²) in [6, 6.07) is 6.82. The Balaban J connectivity index is 0.000000258. The Morgan fingerprint density at radius 3 is 2.00 bits per heavy atom. The van der Waals surface area contributed by atoms with E-state index in [4.69, 9.17) is 52.2 Å². The third kappa shape index (κ3) is 5.64. The number of hydrogen-bond donors (Lipinski definition) is 4. The molecule has 0 aliphatic rings. The zero-order chi connectivity index (χ0) is 25.8. The van der Waals surface area contributed by atoms with Crippen molar-refractivity contribution in [3.63, 3.8) is 0 Å². The van der Waals surface area contributed by atoms with E-state index in [1.165, 1.54) is 18.5 Å². The maximum absolute atomic E-state index is 8.85. The quantitative estimate of drug-likeness (QED) is 0.257. The van der Waals surface area contributed by atoms with Crippen molar-refractivity contribution in [1.29, 1.82) is 21.0 Å². The SMILES string of the molecule is Cc1[nH]c2ncnc(N)c2c1C#N.[C-]#[N+]C([N+]#[C-])=C(C#N)C#N.[C-]#[N+]c1c(N)[nH]c(Br)c1C#N. The topological polar surface area (TPSA) is 218 Å². The average molecular weight is 512 g/mol. The van der Waals surface area contributed by atoms with Gasteiger partial charge in [-0.3, -0.25) is 0 Å². The summed E-state index contributed by atoms with van der Waals surface area (Å²) in [5.74, 6) is 0.0966. The highest BCUT2D eigenvalue weighted by Crippen LogP contribution is 2.32. The van der Waals surface area contributed by atoms with Gasteiger partial charge in [0.2, 0.25) is 11.3 Å². The number of allylic oxidation sites excluding steroid dienone is 1. The first kappa shape index (κ1) is 26.2. The molecule has 3 aromatic heterocycles. The Labute approximate surface area is 201 Å². The Bertz CT molecular complexity index is 1470. The molecule has 0 saturated carbocycles. The van der Waals surface area contributed by atoms with Gasteiger partial charge in [-0.2, -0.15) is 30.7 Å². The summed E-state index contributed by atoms with van der Waals surface area (Å²) in [6.07, 6.45) is 1.37. The molecule has 0 radical (unpaired) electrons. The second-order valence-electron chi connectivity index (χ2n) is 5.67. The molecule has 0 aliphatic carbocycles. The standard InChI is InChI=1S/C8H7N5.C6H3BrN4.C6N4/c1-4-5(2-9)6-7(10)11-3-12-8(6)13-4;1-10-4-3(2-8)5(7)11-6(4)9;1-9-6(10-2)5(3-7)4-8/h3H,1H3,(H3,10,11,12,13);11H,9H2;. The molecular weight excluding hydrogens is 502 g/mol. The van der Waals surface area contributed by atoms with Crippen LogP contribution in [0.2, 0.25) is 0 Å². The molecule has 0 amide bonds. The minimum atomic E-state index is -0.468. The number of nitrogens with zero attached hydrogens (tertiary/aromatic N) is 9. The van der Waals surface area contributed by atoms with Crippen LogP contribution in [0.4, 0.5) is 17.3 Å². The summed E-state index contributed by atoms with van der Waals surface area (Å²) < 4.78 is 0.462. The highest BCUT2D eigenvalue weighted by atomic mass is 79.9. The average Bonchev–Trinajstić information content (AvgIpc) is 3.31. The van der Waals surface area contributed by atoms with E-state index >= 15 is 0 Å². The molecule has 162 valence electrons. The Kier molecular flexibility index (Phi) is 9.33. The van der Waals surface area contributed by atoms with Crippen molar-refractivity contribution in [2.45, 2.75) is 6.92 Å².